The summed E-state index contributed by atoms with van der Waals surface area (Å²) in [5.74, 6) is 3.40. The Morgan fingerprint density at radius 3 is 2.62 bits per heavy atom. The highest BCUT2D eigenvalue weighted by Crippen LogP contribution is 2.18. The first-order valence-corrected chi connectivity index (χ1v) is 6.07. The van der Waals surface area contributed by atoms with Crippen molar-refractivity contribution >= 4 is 5.91 Å². The number of carbonyl (C=O) groups excluding carboxylic acids is 1. The maximum Gasteiger partial charge on any atom is 0.390 e. The van der Waals surface area contributed by atoms with Gasteiger partial charge in [0.1, 0.15) is 5.82 Å². The van der Waals surface area contributed by atoms with E-state index in [0.717, 1.165) is 12.1 Å². The lowest BCUT2D eigenvalue weighted by Gasteiger charge is -2.08. The fourth-order valence-electron chi connectivity index (χ4n) is 1.41. The molecule has 0 saturated carbocycles. The highest BCUT2D eigenvalue weighted by Gasteiger charge is 2.26. The molecule has 0 bridgehead atoms. The molecule has 1 aromatic carbocycles. The minimum absolute atomic E-state index is 0.116. The predicted octanol–water partition coefficient (Wildman–Crippen LogP) is 2.24. The number of aliphatic hydroxyl groups is 1. The molecule has 0 aromatic heterocycles. The lowest BCUT2D eigenvalue weighted by molar-refractivity contribution is -0.132. The van der Waals surface area contributed by atoms with Crippen LogP contribution in [0.15, 0.2) is 18.2 Å². The van der Waals surface area contributed by atoms with Gasteiger partial charge in [-0.15, -0.1) is 0 Å². The van der Waals surface area contributed by atoms with E-state index < -0.39 is 30.9 Å². The zero-order valence-corrected chi connectivity index (χ0v) is 10.9. The van der Waals surface area contributed by atoms with Crippen LogP contribution in [0.2, 0.25) is 0 Å². The number of carbonyl (C=O) groups is 1. The molecule has 0 atom stereocenters. The molecule has 2 N–H and O–H groups in total. The van der Waals surface area contributed by atoms with Gasteiger partial charge in [-0.1, -0.05) is 11.8 Å². The molecule has 0 aliphatic heterocycles. The Morgan fingerprint density at radius 1 is 1.33 bits per heavy atom. The van der Waals surface area contributed by atoms with Crippen LogP contribution in [0, 0.1) is 17.7 Å². The summed E-state index contributed by atoms with van der Waals surface area (Å²) in [4.78, 5) is 11.5. The summed E-state index contributed by atoms with van der Waals surface area (Å²) in [6, 6.07) is 3.55. The van der Waals surface area contributed by atoms with Crippen LogP contribution in [0.1, 0.15) is 28.8 Å². The maximum atomic E-state index is 13.7. The van der Waals surface area contributed by atoms with Gasteiger partial charge in [0.2, 0.25) is 0 Å². The van der Waals surface area contributed by atoms with Gasteiger partial charge in [0, 0.05) is 18.5 Å². The van der Waals surface area contributed by atoms with Crippen molar-refractivity contribution in [1.29, 1.82) is 0 Å². The van der Waals surface area contributed by atoms with Crippen LogP contribution in [-0.2, 0) is 0 Å². The summed E-state index contributed by atoms with van der Waals surface area (Å²) >= 11 is 0. The highest BCUT2D eigenvalue weighted by atomic mass is 19.4. The molecule has 1 rings (SSSR count). The number of halogens is 4. The smallest absolute Gasteiger partial charge is 0.390 e. The SMILES string of the molecule is O=C(NCCC(F)(F)F)c1ccc(C#CCCO)cc1F. The molecule has 0 saturated heterocycles. The Kier molecular flexibility index (Phi) is 6.18. The van der Waals surface area contributed by atoms with Crippen molar-refractivity contribution in [2.75, 3.05) is 13.2 Å². The van der Waals surface area contributed by atoms with Crippen molar-refractivity contribution in [2.45, 2.75) is 19.0 Å². The van der Waals surface area contributed by atoms with Gasteiger partial charge in [0.05, 0.1) is 18.6 Å². The molecule has 1 aromatic rings. The van der Waals surface area contributed by atoms with E-state index in [0.29, 0.717) is 5.56 Å². The lowest BCUT2D eigenvalue weighted by Crippen LogP contribution is -2.28. The maximum absolute atomic E-state index is 13.7. The number of aliphatic hydroxyl groups excluding tert-OH is 1. The minimum atomic E-state index is -4.38. The Balaban J connectivity index is 2.67. The molecule has 1 amide bonds. The zero-order valence-electron chi connectivity index (χ0n) is 10.9. The summed E-state index contributed by atoms with van der Waals surface area (Å²) in [7, 11) is 0. The molecule has 114 valence electrons. The van der Waals surface area contributed by atoms with Gasteiger partial charge in [-0.05, 0) is 18.2 Å². The van der Waals surface area contributed by atoms with Gasteiger partial charge < -0.3 is 10.4 Å². The quantitative estimate of drug-likeness (QED) is 0.662. The Labute approximate surface area is 119 Å². The summed E-state index contributed by atoms with van der Waals surface area (Å²) < 4.78 is 49.5. The number of nitrogens with one attached hydrogen (secondary N) is 1. The molecule has 0 radical (unpaired) electrons. The van der Waals surface area contributed by atoms with Crippen molar-refractivity contribution in [2.24, 2.45) is 0 Å². The third kappa shape index (κ3) is 6.27. The number of rotatable bonds is 4. The molecule has 0 heterocycles. The molecule has 0 spiro atoms. The second kappa shape index (κ2) is 7.64. The second-order valence-electron chi connectivity index (χ2n) is 4.09. The van der Waals surface area contributed by atoms with Crippen LogP contribution in [-0.4, -0.2) is 30.3 Å². The fraction of sp³-hybridized carbons (Fsp3) is 0.357. The first-order valence-electron chi connectivity index (χ1n) is 6.07. The third-order valence-corrected chi connectivity index (χ3v) is 2.38. The average Bonchev–Trinajstić information content (AvgIpc) is 2.37. The number of amides is 1. The molecular weight excluding hydrogens is 290 g/mol. The van der Waals surface area contributed by atoms with E-state index in [-0.39, 0.29) is 18.6 Å². The van der Waals surface area contributed by atoms with Crippen LogP contribution >= 0.6 is 0 Å². The summed E-state index contributed by atoms with van der Waals surface area (Å²) in [5, 5.41) is 10.5. The van der Waals surface area contributed by atoms with Crippen molar-refractivity contribution in [3.05, 3.63) is 35.1 Å². The van der Waals surface area contributed by atoms with Gasteiger partial charge in [-0.3, -0.25) is 4.79 Å². The van der Waals surface area contributed by atoms with Gasteiger partial charge in [-0.2, -0.15) is 13.2 Å². The molecular formula is C14H13F4NO2. The summed E-state index contributed by atoms with van der Waals surface area (Å²) in [5.41, 5.74) is -0.0299. The Bertz CT molecular complexity index is 558. The van der Waals surface area contributed by atoms with Crippen LogP contribution in [0.3, 0.4) is 0 Å². The van der Waals surface area contributed by atoms with Gasteiger partial charge >= 0.3 is 6.18 Å². The Hall–Kier alpha value is -2.07. The fourth-order valence-corrected chi connectivity index (χ4v) is 1.41. The van der Waals surface area contributed by atoms with Crippen LogP contribution in [0.5, 0.6) is 0 Å². The first kappa shape index (κ1) is 17.0. The average molecular weight is 303 g/mol. The molecule has 0 fully saturated rings. The molecule has 21 heavy (non-hydrogen) atoms. The third-order valence-electron chi connectivity index (χ3n) is 2.38. The van der Waals surface area contributed by atoms with E-state index in [4.69, 9.17) is 5.11 Å². The van der Waals surface area contributed by atoms with E-state index in [2.05, 4.69) is 11.8 Å². The van der Waals surface area contributed by atoms with Crippen LogP contribution < -0.4 is 5.32 Å². The molecule has 3 nitrogen and oxygen atoms in total. The minimum Gasteiger partial charge on any atom is -0.395 e. The normalized spacial score (nSPS) is 10.7. The lowest BCUT2D eigenvalue weighted by atomic mass is 10.1. The van der Waals surface area contributed by atoms with E-state index in [1.807, 2.05) is 5.32 Å². The zero-order chi connectivity index (χ0) is 15.9. The molecule has 0 aliphatic carbocycles. The largest absolute Gasteiger partial charge is 0.395 e. The first-order chi connectivity index (χ1) is 9.83. The number of hydrogen-bond donors (Lipinski definition) is 2. The van der Waals surface area contributed by atoms with E-state index in [1.54, 1.807) is 0 Å². The second-order valence-corrected chi connectivity index (χ2v) is 4.09. The van der Waals surface area contributed by atoms with E-state index in [9.17, 15) is 22.4 Å². The van der Waals surface area contributed by atoms with Gasteiger partial charge in [-0.25, -0.2) is 4.39 Å². The highest BCUT2D eigenvalue weighted by molar-refractivity contribution is 5.94. The molecule has 0 unspecified atom stereocenters. The number of alkyl halides is 3. The standard InChI is InChI=1S/C14H13F4NO2/c15-12-9-10(3-1-2-8-20)4-5-11(12)13(21)19-7-6-14(16,17)18/h4-5,9,20H,2,6-8H2,(H,19,21). The van der Waals surface area contributed by atoms with Crippen molar-refractivity contribution < 1.29 is 27.5 Å². The van der Waals surface area contributed by atoms with Crippen LogP contribution in [0.4, 0.5) is 17.6 Å². The van der Waals surface area contributed by atoms with E-state index in [1.165, 1.54) is 6.07 Å². The number of hydrogen-bond acceptors (Lipinski definition) is 2. The molecule has 0 aliphatic rings. The summed E-state index contributed by atoms with van der Waals surface area (Å²) in [6.07, 6.45) is -5.32. The Morgan fingerprint density at radius 2 is 2.05 bits per heavy atom. The van der Waals surface area contributed by atoms with Gasteiger partial charge in [0.25, 0.3) is 5.91 Å². The van der Waals surface area contributed by atoms with E-state index >= 15 is 0 Å². The monoisotopic (exact) mass is 303 g/mol. The predicted molar refractivity (Wildman–Crippen MR) is 68.0 cm³/mol. The van der Waals surface area contributed by atoms with Crippen LogP contribution in [0.25, 0.3) is 0 Å². The van der Waals surface area contributed by atoms with Crippen molar-refractivity contribution in [3.63, 3.8) is 0 Å². The topological polar surface area (TPSA) is 49.3 Å². The molecule has 7 heteroatoms. The van der Waals surface area contributed by atoms with Gasteiger partial charge in [0.15, 0.2) is 0 Å². The van der Waals surface area contributed by atoms with Crippen molar-refractivity contribution in [1.82, 2.24) is 5.32 Å². The number of benzene rings is 1. The summed E-state index contributed by atoms with van der Waals surface area (Å²) in [6.45, 7) is -0.727. The van der Waals surface area contributed by atoms with Crippen molar-refractivity contribution in [3.8, 4) is 11.8 Å².